The summed E-state index contributed by atoms with van der Waals surface area (Å²) in [5.41, 5.74) is 4.50. The van der Waals surface area contributed by atoms with E-state index in [1.807, 2.05) is 0 Å². The van der Waals surface area contributed by atoms with E-state index in [2.05, 4.69) is 0 Å². The van der Waals surface area contributed by atoms with Gasteiger partial charge in [0.05, 0.1) is 13.2 Å². The van der Waals surface area contributed by atoms with Crippen LogP contribution in [0.2, 0.25) is 0 Å². The Balaban J connectivity index is 2.10. The lowest BCUT2D eigenvalue weighted by atomic mass is 9.80. The van der Waals surface area contributed by atoms with Gasteiger partial charge in [0.1, 0.15) is 0 Å². The molecule has 1 saturated carbocycles. The van der Waals surface area contributed by atoms with E-state index in [0.29, 0.717) is 38.0 Å². The van der Waals surface area contributed by atoms with Crippen molar-refractivity contribution in [3.05, 3.63) is 0 Å². The summed E-state index contributed by atoms with van der Waals surface area (Å²) in [5.74, 6) is -0.485. The molecule has 1 aliphatic heterocycles. The zero-order valence-corrected chi connectivity index (χ0v) is 11.8. The van der Waals surface area contributed by atoms with Crippen molar-refractivity contribution in [2.45, 2.75) is 50.1 Å². The maximum Gasteiger partial charge on any atom is 0.339 e. The Morgan fingerprint density at radius 3 is 2.65 bits per heavy atom. The first-order valence-corrected chi connectivity index (χ1v) is 7.17. The molecule has 2 fully saturated rings. The van der Waals surface area contributed by atoms with Gasteiger partial charge in [-0.15, -0.1) is 0 Å². The van der Waals surface area contributed by atoms with E-state index in [0.717, 1.165) is 12.8 Å². The molecule has 0 aromatic rings. The summed E-state index contributed by atoms with van der Waals surface area (Å²) in [7, 11) is 1.23. The standard InChI is InChI=1S/C14H22N2O4/c1-20-13(19)14(9-17)6-3-7-16(14)12(18)11(15)8-10-4-2-5-10/h9-11H,2-8,15H2,1H3/t11-,14+/m1/s1. The third-order valence-corrected chi connectivity index (χ3v) is 4.55. The molecule has 112 valence electrons. The molecule has 6 heteroatoms. The highest BCUT2D eigenvalue weighted by Crippen LogP contribution is 2.33. The van der Waals surface area contributed by atoms with Gasteiger partial charge in [0.2, 0.25) is 5.91 Å². The molecular formula is C14H22N2O4. The molecule has 1 heterocycles. The Morgan fingerprint density at radius 2 is 2.15 bits per heavy atom. The smallest absolute Gasteiger partial charge is 0.339 e. The molecule has 0 spiro atoms. The van der Waals surface area contributed by atoms with Crippen LogP contribution in [0.1, 0.15) is 38.5 Å². The summed E-state index contributed by atoms with van der Waals surface area (Å²) in [6.07, 6.45) is 5.48. The number of amides is 1. The van der Waals surface area contributed by atoms with Crippen LogP contribution in [0.15, 0.2) is 0 Å². The van der Waals surface area contributed by atoms with E-state index in [9.17, 15) is 14.4 Å². The average Bonchev–Trinajstić information content (AvgIpc) is 2.85. The molecule has 2 aliphatic rings. The van der Waals surface area contributed by atoms with Crippen molar-refractivity contribution >= 4 is 18.2 Å². The van der Waals surface area contributed by atoms with Crippen LogP contribution in [-0.2, 0) is 19.1 Å². The summed E-state index contributed by atoms with van der Waals surface area (Å²) >= 11 is 0. The maximum atomic E-state index is 12.4. The van der Waals surface area contributed by atoms with Crippen LogP contribution in [0.5, 0.6) is 0 Å². The van der Waals surface area contributed by atoms with E-state index in [4.69, 9.17) is 10.5 Å². The Morgan fingerprint density at radius 1 is 1.45 bits per heavy atom. The Bertz CT molecular complexity index is 408. The maximum absolute atomic E-state index is 12.4. The summed E-state index contributed by atoms with van der Waals surface area (Å²) in [5, 5.41) is 0. The van der Waals surface area contributed by atoms with Crippen LogP contribution in [0.25, 0.3) is 0 Å². The lowest BCUT2D eigenvalue weighted by molar-refractivity contribution is -0.161. The molecule has 0 radical (unpaired) electrons. The molecule has 20 heavy (non-hydrogen) atoms. The van der Waals surface area contributed by atoms with Gasteiger partial charge in [0, 0.05) is 6.54 Å². The van der Waals surface area contributed by atoms with Gasteiger partial charge in [-0.05, 0) is 25.2 Å². The number of nitrogens with zero attached hydrogens (tertiary/aromatic N) is 1. The minimum absolute atomic E-state index is 0.311. The van der Waals surface area contributed by atoms with Gasteiger partial charge in [0.25, 0.3) is 0 Å². The van der Waals surface area contributed by atoms with Gasteiger partial charge in [-0.2, -0.15) is 0 Å². The minimum atomic E-state index is -1.47. The van der Waals surface area contributed by atoms with Gasteiger partial charge < -0.3 is 20.2 Å². The van der Waals surface area contributed by atoms with E-state index in [1.54, 1.807) is 0 Å². The van der Waals surface area contributed by atoms with Crippen molar-refractivity contribution in [1.82, 2.24) is 4.90 Å². The van der Waals surface area contributed by atoms with E-state index in [1.165, 1.54) is 18.4 Å². The quantitative estimate of drug-likeness (QED) is 0.443. The third-order valence-electron chi connectivity index (χ3n) is 4.55. The van der Waals surface area contributed by atoms with Crippen molar-refractivity contribution in [1.29, 1.82) is 0 Å². The molecule has 1 aliphatic carbocycles. The number of likely N-dealkylation sites (tertiary alicyclic amines) is 1. The highest BCUT2D eigenvalue weighted by molar-refractivity contribution is 6.03. The second kappa shape index (κ2) is 5.91. The normalized spacial score (nSPS) is 27.8. The molecular weight excluding hydrogens is 260 g/mol. The number of aldehydes is 1. The monoisotopic (exact) mass is 282 g/mol. The highest BCUT2D eigenvalue weighted by Gasteiger charge is 2.51. The fourth-order valence-corrected chi connectivity index (χ4v) is 3.10. The third kappa shape index (κ3) is 2.44. The molecule has 6 nitrogen and oxygen atoms in total. The zero-order valence-electron chi connectivity index (χ0n) is 11.8. The van der Waals surface area contributed by atoms with Crippen LogP contribution in [-0.4, -0.2) is 48.3 Å². The molecule has 2 N–H and O–H groups in total. The topological polar surface area (TPSA) is 89.7 Å². The predicted molar refractivity (Wildman–Crippen MR) is 71.7 cm³/mol. The Kier molecular flexibility index (Phi) is 4.42. The number of carbonyl (C=O) groups excluding carboxylic acids is 3. The summed E-state index contributed by atoms with van der Waals surface area (Å²) < 4.78 is 4.70. The van der Waals surface area contributed by atoms with Crippen molar-refractivity contribution < 1.29 is 19.1 Å². The predicted octanol–water partition coefficient (Wildman–Crippen LogP) is 0.237. The number of hydrogen-bond acceptors (Lipinski definition) is 5. The fraction of sp³-hybridized carbons (Fsp3) is 0.786. The van der Waals surface area contributed by atoms with Crippen LogP contribution >= 0.6 is 0 Å². The average molecular weight is 282 g/mol. The molecule has 1 saturated heterocycles. The molecule has 1 amide bonds. The molecule has 0 aromatic carbocycles. The van der Waals surface area contributed by atoms with Gasteiger partial charge >= 0.3 is 5.97 Å². The van der Waals surface area contributed by atoms with Crippen molar-refractivity contribution in [3.63, 3.8) is 0 Å². The zero-order chi connectivity index (χ0) is 14.8. The van der Waals surface area contributed by atoms with Crippen molar-refractivity contribution in [3.8, 4) is 0 Å². The SMILES string of the molecule is COC(=O)[C@@]1(C=O)CCCN1C(=O)[C@H](N)CC1CCC1. The van der Waals surface area contributed by atoms with Crippen LogP contribution in [0, 0.1) is 5.92 Å². The summed E-state index contributed by atoms with van der Waals surface area (Å²) in [6, 6.07) is -0.637. The number of nitrogens with two attached hydrogens (primary N) is 1. The first-order chi connectivity index (χ1) is 9.55. The number of hydrogen-bond donors (Lipinski definition) is 1. The molecule has 0 unspecified atom stereocenters. The van der Waals surface area contributed by atoms with Gasteiger partial charge in [-0.25, -0.2) is 4.79 Å². The van der Waals surface area contributed by atoms with Crippen LogP contribution in [0.4, 0.5) is 0 Å². The first-order valence-electron chi connectivity index (χ1n) is 7.17. The summed E-state index contributed by atoms with van der Waals surface area (Å²) in [6.45, 7) is 0.380. The molecule has 0 bridgehead atoms. The van der Waals surface area contributed by atoms with Crippen molar-refractivity contribution in [2.24, 2.45) is 11.7 Å². The van der Waals surface area contributed by atoms with Crippen molar-refractivity contribution in [2.75, 3.05) is 13.7 Å². The number of ether oxygens (including phenoxy) is 1. The fourth-order valence-electron chi connectivity index (χ4n) is 3.10. The van der Waals surface area contributed by atoms with E-state index < -0.39 is 17.6 Å². The second-order valence-electron chi connectivity index (χ2n) is 5.77. The van der Waals surface area contributed by atoms with Gasteiger partial charge in [-0.1, -0.05) is 19.3 Å². The Hall–Kier alpha value is -1.43. The van der Waals surface area contributed by atoms with E-state index >= 15 is 0 Å². The number of methoxy groups -OCH3 is 1. The molecule has 2 rings (SSSR count). The van der Waals surface area contributed by atoms with Crippen LogP contribution < -0.4 is 5.73 Å². The number of rotatable bonds is 5. The van der Waals surface area contributed by atoms with Crippen LogP contribution in [0.3, 0.4) is 0 Å². The van der Waals surface area contributed by atoms with Gasteiger partial charge in [-0.3, -0.25) is 4.79 Å². The first kappa shape index (κ1) is 15.0. The second-order valence-corrected chi connectivity index (χ2v) is 5.77. The lowest BCUT2D eigenvalue weighted by Crippen LogP contribution is -2.58. The summed E-state index contributed by atoms with van der Waals surface area (Å²) in [4.78, 5) is 37.1. The largest absolute Gasteiger partial charge is 0.467 e. The molecule has 0 aromatic heterocycles. The van der Waals surface area contributed by atoms with Gasteiger partial charge in [0.15, 0.2) is 11.8 Å². The minimum Gasteiger partial charge on any atom is -0.467 e. The van der Waals surface area contributed by atoms with E-state index in [-0.39, 0.29) is 5.91 Å². The number of esters is 1. The molecule has 2 atom stereocenters. The highest BCUT2D eigenvalue weighted by atomic mass is 16.5. The number of carbonyl (C=O) groups is 3. The Labute approximate surface area is 118 Å². The lowest BCUT2D eigenvalue weighted by Gasteiger charge is -2.34.